The lowest BCUT2D eigenvalue weighted by Gasteiger charge is -2.05. The van der Waals surface area contributed by atoms with E-state index in [4.69, 9.17) is 39.5 Å². The van der Waals surface area contributed by atoms with Crippen molar-refractivity contribution in [3.05, 3.63) is 37.4 Å². The molecule has 0 bridgehead atoms. The molecule has 0 aliphatic rings. The summed E-state index contributed by atoms with van der Waals surface area (Å²) in [7, 11) is 0. The van der Waals surface area contributed by atoms with Crippen LogP contribution in [-0.4, -0.2) is 26.7 Å². The number of hydrogen-bond donors (Lipinski definition) is 0. The van der Waals surface area contributed by atoms with Gasteiger partial charge in [0.2, 0.25) is 5.01 Å². The molecule has 0 N–H and O–H groups in total. The maximum absolute atomic E-state index is 11.2. The number of alkyl halides is 1. The van der Waals surface area contributed by atoms with E-state index < -0.39 is 17.0 Å². The first-order valence-corrected chi connectivity index (χ1v) is 9.13. The van der Waals surface area contributed by atoms with Gasteiger partial charge in [0.15, 0.2) is 10.3 Å². The third-order valence-corrected chi connectivity index (χ3v) is 5.71. The van der Waals surface area contributed by atoms with Crippen molar-refractivity contribution in [2.75, 3.05) is 5.88 Å². The molecule has 2 aromatic rings. The second-order valence-electron chi connectivity index (χ2n) is 4.23. The highest BCUT2D eigenvalue weighted by molar-refractivity contribution is 8.01. The Bertz CT molecular complexity index is 787. The average molecular weight is 429 g/mol. The van der Waals surface area contributed by atoms with Crippen LogP contribution in [0.4, 0.5) is 5.82 Å². The molecule has 0 aromatic carbocycles. The van der Waals surface area contributed by atoms with Gasteiger partial charge < -0.3 is 14.9 Å². The van der Waals surface area contributed by atoms with Gasteiger partial charge in [-0.1, -0.05) is 34.5 Å². The van der Waals surface area contributed by atoms with Gasteiger partial charge in [0.1, 0.15) is 10.9 Å². The SMILES string of the molecule is CC(OC(=O)CCl)c1nc([N+](=O)[O-])c(Sc2ncc(Cl)cc2Cl)s1. The van der Waals surface area contributed by atoms with Gasteiger partial charge in [0, 0.05) is 6.20 Å². The van der Waals surface area contributed by atoms with E-state index in [1.54, 1.807) is 6.92 Å². The fourth-order valence-corrected chi connectivity index (χ4v) is 4.13. The number of ether oxygens (including phenoxy) is 1. The minimum absolute atomic E-state index is 0.262. The second-order valence-corrected chi connectivity index (χ2v) is 7.63. The molecule has 1 unspecified atom stereocenters. The van der Waals surface area contributed by atoms with E-state index in [2.05, 4.69) is 9.97 Å². The summed E-state index contributed by atoms with van der Waals surface area (Å²) >= 11 is 19.2. The molecule has 0 saturated heterocycles. The maximum atomic E-state index is 11.2. The van der Waals surface area contributed by atoms with E-state index >= 15 is 0 Å². The number of nitrogens with zero attached hydrogens (tertiary/aromatic N) is 3. The summed E-state index contributed by atoms with van der Waals surface area (Å²) in [5, 5.41) is 12.4. The van der Waals surface area contributed by atoms with Crippen LogP contribution in [0.25, 0.3) is 0 Å². The van der Waals surface area contributed by atoms with Crippen molar-refractivity contribution >= 4 is 69.7 Å². The van der Waals surface area contributed by atoms with Crippen molar-refractivity contribution in [1.82, 2.24) is 9.97 Å². The Morgan fingerprint density at radius 1 is 1.54 bits per heavy atom. The van der Waals surface area contributed by atoms with E-state index in [0.29, 0.717) is 10.0 Å². The van der Waals surface area contributed by atoms with Crippen molar-refractivity contribution in [3.63, 3.8) is 0 Å². The summed E-state index contributed by atoms with van der Waals surface area (Å²) in [5.41, 5.74) is 0. The standard InChI is InChI=1S/C12H8Cl3N3O4S2/c1-5(22-8(19)3-13)10-17-9(18(20)21)12(23-10)24-11-7(15)2-6(14)4-16-11/h2,4-5H,3H2,1H3. The van der Waals surface area contributed by atoms with Crippen molar-refractivity contribution in [1.29, 1.82) is 0 Å². The molecule has 2 rings (SSSR count). The number of nitro groups is 1. The summed E-state index contributed by atoms with van der Waals surface area (Å²) in [6.07, 6.45) is 0.622. The molecule has 0 aliphatic carbocycles. The molecular weight excluding hydrogens is 421 g/mol. The normalized spacial score (nSPS) is 12.0. The fraction of sp³-hybridized carbons (Fsp3) is 0.250. The van der Waals surface area contributed by atoms with Crippen LogP contribution in [0.5, 0.6) is 0 Å². The molecule has 0 radical (unpaired) electrons. The quantitative estimate of drug-likeness (QED) is 0.283. The monoisotopic (exact) mass is 427 g/mol. The number of carbonyl (C=O) groups excluding carboxylic acids is 1. The third kappa shape index (κ3) is 4.70. The molecule has 12 heteroatoms. The minimum atomic E-state index is -0.761. The number of halogens is 3. The Balaban J connectivity index is 2.31. The molecule has 128 valence electrons. The fourth-order valence-electron chi connectivity index (χ4n) is 1.51. The van der Waals surface area contributed by atoms with E-state index in [9.17, 15) is 14.9 Å². The van der Waals surface area contributed by atoms with Crippen LogP contribution in [-0.2, 0) is 9.53 Å². The lowest BCUT2D eigenvalue weighted by atomic mass is 10.4. The van der Waals surface area contributed by atoms with E-state index in [1.807, 2.05) is 0 Å². The predicted octanol–water partition coefficient (Wildman–Crippen LogP) is 4.75. The first-order chi connectivity index (χ1) is 11.3. The highest BCUT2D eigenvalue weighted by Gasteiger charge is 2.29. The van der Waals surface area contributed by atoms with E-state index in [-0.39, 0.29) is 25.9 Å². The van der Waals surface area contributed by atoms with Crippen LogP contribution >= 0.6 is 57.9 Å². The Hall–Kier alpha value is -1.13. The summed E-state index contributed by atoms with van der Waals surface area (Å²) in [6, 6.07) is 1.48. The van der Waals surface area contributed by atoms with Crippen molar-refractivity contribution in [2.45, 2.75) is 22.3 Å². The van der Waals surface area contributed by atoms with E-state index in [1.165, 1.54) is 12.3 Å². The molecule has 24 heavy (non-hydrogen) atoms. The zero-order chi connectivity index (χ0) is 17.9. The molecule has 0 amide bonds. The Morgan fingerprint density at radius 3 is 2.83 bits per heavy atom. The number of carbonyl (C=O) groups is 1. The lowest BCUT2D eigenvalue weighted by Crippen LogP contribution is -2.09. The van der Waals surface area contributed by atoms with Crippen LogP contribution in [0.1, 0.15) is 18.0 Å². The van der Waals surface area contributed by atoms with Gasteiger partial charge >= 0.3 is 11.8 Å². The zero-order valence-corrected chi connectivity index (χ0v) is 15.8. The first kappa shape index (κ1) is 19.2. The second kappa shape index (κ2) is 8.30. The molecule has 0 fully saturated rings. The van der Waals surface area contributed by atoms with Gasteiger partial charge in [-0.05, 0) is 34.7 Å². The molecule has 0 saturated carbocycles. The van der Waals surface area contributed by atoms with E-state index in [0.717, 1.165) is 23.1 Å². The Labute approximate surface area is 159 Å². The van der Waals surface area contributed by atoms with Gasteiger partial charge in [-0.15, -0.1) is 11.6 Å². The number of rotatable bonds is 6. The minimum Gasteiger partial charge on any atom is -0.452 e. The first-order valence-electron chi connectivity index (χ1n) is 6.21. The van der Waals surface area contributed by atoms with Crippen molar-refractivity contribution < 1.29 is 14.5 Å². The number of pyridine rings is 1. The molecule has 7 nitrogen and oxygen atoms in total. The summed E-state index contributed by atoms with van der Waals surface area (Å²) < 4.78 is 5.27. The highest BCUT2D eigenvalue weighted by Crippen LogP contribution is 2.42. The number of aromatic nitrogens is 2. The van der Waals surface area contributed by atoms with Crippen LogP contribution in [0.3, 0.4) is 0 Å². The lowest BCUT2D eigenvalue weighted by molar-refractivity contribution is -0.391. The smallest absolute Gasteiger partial charge is 0.389 e. The number of thiazole rings is 1. The summed E-state index contributed by atoms with van der Waals surface area (Å²) in [4.78, 5) is 29.8. The van der Waals surface area contributed by atoms with Crippen LogP contribution < -0.4 is 0 Å². The topological polar surface area (TPSA) is 95.2 Å². The molecule has 2 heterocycles. The summed E-state index contributed by atoms with van der Waals surface area (Å²) in [6.45, 7) is 1.55. The number of hydrogen-bond acceptors (Lipinski definition) is 8. The number of esters is 1. The summed E-state index contributed by atoms with van der Waals surface area (Å²) in [5.74, 6) is -1.32. The average Bonchev–Trinajstić information content (AvgIpc) is 2.94. The Kier molecular flexibility index (Phi) is 6.64. The Morgan fingerprint density at radius 2 is 2.25 bits per heavy atom. The van der Waals surface area contributed by atoms with Gasteiger partial charge in [0.05, 0.1) is 10.0 Å². The maximum Gasteiger partial charge on any atom is 0.389 e. The molecular formula is C12H8Cl3N3O4S2. The van der Waals surface area contributed by atoms with Crippen molar-refractivity contribution in [2.24, 2.45) is 0 Å². The van der Waals surface area contributed by atoms with Crippen molar-refractivity contribution in [3.8, 4) is 0 Å². The molecule has 1 atom stereocenters. The highest BCUT2D eigenvalue weighted by atomic mass is 35.5. The zero-order valence-electron chi connectivity index (χ0n) is 11.9. The predicted molar refractivity (Wildman–Crippen MR) is 92.4 cm³/mol. The molecule has 2 aromatic heterocycles. The van der Waals surface area contributed by atoms with Crippen LogP contribution in [0.2, 0.25) is 10.0 Å². The molecule has 0 spiro atoms. The molecule has 0 aliphatic heterocycles. The van der Waals surface area contributed by atoms with Crippen LogP contribution in [0, 0.1) is 10.1 Å². The van der Waals surface area contributed by atoms with Gasteiger partial charge in [-0.25, -0.2) is 4.98 Å². The van der Waals surface area contributed by atoms with Gasteiger partial charge in [-0.2, -0.15) is 0 Å². The van der Waals surface area contributed by atoms with Gasteiger partial charge in [0.25, 0.3) is 0 Å². The van der Waals surface area contributed by atoms with Gasteiger partial charge in [-0.3, -0.25) is 4.79 Å². The largest absolute Gasteiger partial charge is 0.452 e. The third-order valence-electron chi connectivity index (χ3n) is 2.50. The van der Waals surface area contributed by atoms with Crippen LogP contribution in [0.15, 0.2) is 21.5 Å².